The summed E-state index contributed by atoms with van der Waals surface area (Å²) in [7, 11) is 0. The molecule has 166 valence electrons. The van der Waals surface area contributed by atoms with Crippen molar-refractivity contribution in [3.8, 4) is 22.9 Å². The monoisotopic (exact) mass is 461 g/mol. The molecule has 32 heavy (non-hydrogen) atoms. The first-order valence-corrected chi connectivity index (χ1v) is 10.0. The molecule has 1 atom stereocenters. The second-order valence-corrected chi connectivity index (χ2v) is 7.61. The summed E-state index contributed by atoms with van der Waals surface area (Å²) >= 11 is 6.27. The molecule has 0 saturated carbocycles. The molecule has 0 N–H and O–H groups in total. The number of carbonyl (C=O) groups excluding carboxylic acids is 1. The topological polar surface area (TPSA) is 65.0 Å². The first-order valence-electron chi connectivity index (χ1n) is 9.62. The van der Waals surface area contributed by atoms with E-state index in [0.29, 0.717) is 29.8 Å². The molecule has 0 spiro atoms. The van der Waals surface area contributed by atoms with Crippen LogP contribution in [0.15, 0.2) is 55.0 Å². The predicted molar refractivity (Wildman–Crippen MR) is 115 cm³/mol. The van der Waals surface area contributed by atoms with Gasteiger partial charge in [-0.05, 0) is 42.7 Å². The zero-order valence-corrected chi connectivity index (χ0v) is 18.0. The third-order valence-electron chi connectivity index (χ3n) is 4.37. The number of rotatable bonds is 7. The number of benzene rings is 1. The van der Waals surface area contributed by atoms with Crippen molar-refractivity contribution in [2.75, 3.05) is 0 Å². The molecule has 0 aliphatic heterocycles. The normalized spacial score (nSPS) is 12.7. The Hall–Kier alpha value is -3.26. The molecule has 0 fully saturated rings. The fourth-order valence-corrected chi connectivity index (χ4v) is 3.05. The van der Waals surface area contributed by atoms with E-state index in [1.807, 2.05) is 25.1 Å². The fourth-order valence-electron chi connectivity index (χ4n) is 2.83. The number of nitrogens with zero attached hydrogens (tertiary/aromatic N) is 3. The molecule has 0 bridgehead atoms. The summed E-state index contributed by atoms with van der Waals surface area (Å²) in [5.74, 6) is 0.927. The minimum atomic E-state index is -4.55. The van der Waals surface area contributed by atoms with Gasteiger partial charge in [-0.15, -0.1) is 0 Å². The lowest BCUT2D eigenvalue weighted by atomic mass is 10.0. The number of ketones is 1. The van der Waals surface area contributed by atoms with Crippen molar-refractivity contribution in [3.05, 3.63) is 71.3 Å². The summed E-state index contributed by atoms with van der Waals surface area (Å²) in [6, 6.07) is 8.23. The SMILES string of the molecule is CC(=O)C[C@@H](C)/C=C/c1ccc(Oc2ccc(-c3cnc(C(F)(F)F)cn3)cc2Cl)nc1. The molecule has 0 aliphatic carbocycles. The standard InChI is InChI=1S/C23H19ClF3N3O2/c1-14(9-15(2)31)3-4-16-5-8-22(30-11-16)32-20-7-6-17(10-18(20)24)19-12-29-21(13-28-19)23(25,26)27/h3-8,10-14H,9H2,1-2H3/b4-3+/t14-/m0/s1. The van der Waals surface area contributed by atoms with E-state index in [4.69, 9.17) is 16.3 Å². The van der Waals surface area contributed by atoms with Crippen LogP contribution in [0.3, 0.4) is 0 Å². The van der Waals surface area contributed by atoms with Gasteiger partial charge in [0.05, 0.1) is 23.1 Å². The Balaban J connectivity index is 1.68. The van der Waals surface area contributed by atoms with E-state index < -0.39 is 11.9 Å². The van der Waals surface area contributed by atoms with Gasteiger partial charge in [0.15, 0.2) is 5.69 Å². The largest absolute Gasteiger partial charge is 0.437 e. The molecule has 5 nitrogen and oxygen atoms in total. The summed E-state index contributed by atoms with van der Waals surface area (Å²) in [6.45, 7) is 3.53. The Labute approximate surface area is 188 Å². The Morgan fingerprint density at radius 1 is 1.12 bits per heavy atom. The van der Waals surface area contributed by atoms with Crippen LogP contribution >= 0.6 is 11.6 Å². The Kier molecular flexibility index (Phi) is 7.25. The number of carbonyl (C=O) groups is 1. The Morgan fingerprint density at radius 3 is 2.47 bits per heavy atom. The molecule has 0 aliphatic rings. The summed E-state index contributed by atoms with van der Waals surface area (Å²) < 4.78 is 43.6. The number of Topliss-reactive ketones (excluding diaryl/α,β-unsaturated/α-hetero) is 1. The van der Waals surface area contributed by atoms with E-state index >= 15 is 0 Å². The van der Waals surface area contributed by atoms with Crippen LogP contribution in [-0.4, -0.2) is 20.7 Å². The maximum atomic E-state index is 12.6. The molecule has 9 heteroatoms. The third kappa shape index (κ3) is 6.37. The molecule has 0 amide bonds. The molecule has 3 aromatic rings. The average Bonchev–Trinajstić information content (AvgIpc) is 2.73. The van der Waals surface area contributed by atoms with Gasteiger partial charge < -0.3 is 9.53 Å². The molecule has 0 radical (unpaired) electrons. The summed E-state index contributed by atoms with van der Waals surface area (Å²) in [5, 5.41) is 0.244. The van der Waals surface area contributed by atoms with Gasteiger partial charge in [0.1, 0.15) is 11.5 Å². The zero-order chi connectivity index (χ0) is 23.3. The maximum absolute atomic E-state index is 12.6. The van der Waals surface area contributed by atoms with Crippen LogP contribution in [0.2, 0.25) is 5.02 Å². The zero-order valence-electron chi connectivity index (χ0n) is 17.2. The number of hydrogen-bond donors (Lipinski definition) is 0. The number of alkyl halides is 3. The number of hydrogen-bond acceptors (Lipinski definition) is 5. The lowest BCUT2D eigenvalue weighted by Gasteiger charge is -2.09. The molecular formula is C23H19ClF3N3O2. The van der Waals surface area contributed by atoms with Crippen LogP contribution in [0.5, 0.6) is 11.6 Å². The molecule has 0 saturated heterocycles. The molecule has 0 unspecified atom stereocenters. The second-order valence-electron chi connectivity index (χ2n) is 7.20. The minimum absolute atomic E-state index is 0.134. The third-order valence-corrected chi connectivity index (χ3v) is 4.67. The number of allylic oxidation sites excluding steroid dienone is 1. The van der Waals surface area contributed by atoms with Gasteiger partial charge in [-0.3, -0.25) is 4.98 Å². The van der Waals surface area contributed by atoms with Crippen LogP contribution in [0.25, 0.3) is 17.3 Å². The molecule has 2 aromatic heterocycles. The highest BCUT2D eigenvalue weighted by atomic mass is 35.5. The Bertz CT molecular complexity index is 1110. The molecule has 1 aromatic carbocycles. The van der Waals surface area contributed by atoms with Crippen molar-refractivity contribution in [3.63, 3.8) is 0 Å². The van der Waals surface area contributed by atoms with Gasteiger partial charge >= 0.3 is 6.18 Å². The minimum Gasteiger partial charge on any atom is -0.437 e. The van der Waals surface area contributed by atoms with Crippen molar-refractivity contribution < 1.29 is 22.7 Å². The molecular weight excluding hydrogens is 443 g/mol. The Morgan fingerprint density at radius 2 is 1.91 bits per heavy atom. The average molecular weight is 462 g/mol. The van der Waals surface area contributed by atoms with Gasteiger partial charge in [0.2, 0.25) is 5.88 Å². The van der Waals surface area contributed by atoms with Crippen molar-refractivity contribution in [1.29, 1.82) is 0 Å². The predicted octanol–water partition coefficient (Wildman–Crippen LogP) is 6.63. The lowest BCUT2D eigenvalue weighted by Crippen LogP contribution is -2.08. The second kappa shape index (κ2) is 9.91. The van der Waals surface area contributed by atoms with Gasteiger partial charge in [0.25, 0.3) is 0 Å². The number of halogens is 4. The molecule has 2 heterocycles. The summed E-state index contributed by atoms with van der Waals surface area (Å²) in [5.41, 5.74) is 0.538. The van der Waals surface area contributed by atoms with E-state index in [9.17, 15) is 18.0 Å². The van der Waals surface area contributed by atoms with E-state index in [-0.39, 0.29) is 22.4 Å². The fraction of sp³-hybridized carbons (Fsp3) is 0.217. The van der Waals surface area contributed by atoms with Gasteiger partial charge in [-0.1, -0.05) is 30.7 Å². The number of pyridine rings is 1. The molecule has 3 rings (SSSR count). The van der Waals surface area contributed by atoms with Crippen LogP contribution in [0, 0.1) is 5.92 Å². The number of aromatic nitrogens is 3. The van der Waals surface area contributed by atoms with E-state index in [1.165, 1.54) is 6.07 Å². The first-order chi connectivity index (χ1) is 15.1. The van der Waals surface area contributed by atoms with E-state index in [0.717, 1.165) is 11.8 Å². The van der Waals surface area contributed by atoms with Gasteiger partial charge in [-0.2, -0.15) is 13.2 Å². The van der Waals surface area contributed by atoms with Crippen molar-refractivity contribution in [2.45, 2.75) is 26.4 Å². The quantitative estimate of drug-likeness (QED) is 0.395. The highest BCUT2D eigenvalue weighted by Gasteiger charge is 2.32. The van der Waals surface area contributed by atoms with E-state index in [2.05, 4.69) is 15.0 Å². The van der Waals surface area contributed by atoms with Crippen molar-refractivity contribution in [1.82, 2.24) is 15.0 Å². The summed E-state index contributed by atoms with van der Waals surface area (Å²) in [4.78, 5) is 22.6. The van der Waals surface area contributed by atoms with Crippen molar-refractivity contribution in [2.24, 2.45) is 5.92 Å². The highest BCUT2D eigenvalue weighted by molar-refractivity contribution is 6.32. The van der Waals surface area contributed by atoms with Crippen LogP contribution < -0.4 is 4.74 Å². The van der Waals surface area contributed by atoms with Gasteiger partial charge in [-0.25, -0.2) is 9.97 Å². The van der Waals surface area contributed by atoms with Crippen LogP contribution in [-0.2, 0) is 11.0 Å². The van der Waals surface area contributed by atoms with Crippen molar-refractivity contribution >= 4 is 23.5 Å². The van der Waals surface area contributed by atoms with Gasteiger partial charge in [0, 0.05) is 24.2 Å². The van der Waals surface area contributed by atoms with Crippen LogP contribution in [0.4, 0.5) is 13.2 Å². The smallest absolute Gasteiger partial charge is 0.434 e. The number of ether oxygens (including phenoxy) is 1. The van der Waals surface area contributed by atoms with Crippen LogP contribution in [0.1, 0.15) is 31.5 Å². The summed E-state index contributed by atoms with van der Waals surface area (Å²) in [6.07, 6.45) is 3.11. The van der Waals surface area contributed by atoms with E-state index in [1.54, 1.807) is 31.3 Å². The first kappa shape index (κ1) is 23.4. The maximum Gasteiger partial charge on any atom is 0.434 e. The lowest BCUT2D eigenvalue weighted by molar-refractivity contribution is -0.141. The highest BCUT2D eigenvalue weighted by Crippen LogP contribution is 2.33.